The van der Waals surface area contributed by atoms with Gasteiger partial charge in [0.15, 0.2) is 0 Å². The molecule has 0 aliphatic rings. The number of pyridine rings is 1. The molecule has 0 fully saturated rings. The fourth-order valence-corrected chi connectivity index (χ4v) is 3.75. The molecular formula is C33H24IrN5. The molecule has 3 aromatic heterocycles. The number of hydrogen-bond acceptors (Lipinski definition) is 3. The minimum absolute atomic E-state index is 0. The van der Waals surface area contributed by atoms with Gasteiger partial charge in [0.2, 0.25) is 0 Å². The zero-order valence-electron chi connectivity index (χ0n) is 20.9. The molecule has 0 spiro atoms. The van der Waals surface area contributed by atoms with E-state index in [0.717, 1.165) is 22.6 Å². The van der Waals surface area contributed by atoms with E-state index >= 15 is 0 Å². The summed E-state index contributed by atoms with van der Waals surface area (Å²) < 4.78 is 3.56. The third kappa shape index (κ3) is 7.45. The fourth-order valence-electron chi connectivity index (χ4n) is 3.75. The van der Waals surface area contributed by atoms with Crippen molar-refractivity contribution in [3.63, 3.8) is 0 Å². The van der Waals surface area contributed by atoms with Crippen molar-refractivity contribution in [2.45, 2.75) is 0 Å². The number of para-hydroxylation sites is 2. The maximum absolute atomic E-state index is 4.45. The monoisotopic (exact) mass is 683 g/mol. The topological polar surface area (TPSA) is 48.5 Å². The average Bonchev–Trinajstić information content (AvgIpc) is 3.75. The molecule has 0 saturated heterocycles. The van der Waals surface area contributed by atoms with E-state index in [9.17, 15) is 0 Å². The molecule has 0 unspecified atom stereocenters. The molecule has 0 atom stereocenters. The summed E-state index contributed by atoms with van der Waals surface area (Å²) in [6, 6.07) is 46.9. The van der Waals surface area contributed by atoms with Crippen LogP contribution in [-0.2, 0) is 20.1 Å². The zero-order valence-corrected chi connectivity index (χ0v) is 23.3. The molecule has 0 saturated carbocycles. The third-order valence-corrected chi connectivity index (χ3v) is 5.53. The Labute approximate surface area is 241 Å². The molecule has 0 radical (unpaired) electrons. The maximum Gasteiger partial charge on any atom is 3.00 e. The van der Waals surface area contributed by atoms with Crippen LogP contribution in [0.1, 0.15) is 0 Å². The van der Waals surface area contributed by atoms with Crippen molar-refractivity contribution in [3.8, 4) is 22.6 Å². The van der Waals surface area contributed by atoms with Gasteiger partial charge in [-0.25, -0.2) is 0 Å². The summed E-state index contributed by atoms with van der Waals surface area (Å²) in [5, 5.41) is 10.5. The Balaban J connectivity index is 0.000000138. The normalized spacial score (nSPS) is 9.85. The summed E-state index contributed by atoms with van der Waals surface area (Å²) in [4.78, 5) is 4.45. The van der Waals surface area contributed by atoms with Crippen LogP contribution in [0.25, 0.3) is 33.4 Å². The van der Waals surface area contributed by atoms with Crippen LogP contribution in [0.5, 0.6) is 0 Å². The summed E-state index contributed by atoms with van der Waals surface area (Å²) >= 11 is 0. The molecule has 39 heavy (non-hydrogen) atoms. The van der Waals surface area contributed by atoms with Gasteiger partial charge < -0.3 is 4.98 Å². The molecule has 190 valence electrons. The molecule has 0 N–H and O–H groups in total. The van der Waals surface area contributed by atoms with Gasteiger partial charge >= 0.3 is 20.1 Å². The second-order valence-electron chi connectivity index (χ2n) is 8.05. The van der Waals surface area contributed by atoms with Crippen LogP contribution in [0.2, 0.25) is 0 Å². The number of nitrogens with zero attached hydrogens (tertiary/aromatic N) is 5. The summed E-state index contributed by atoms with van der Waals surface area (Å²) in [6.45, 7) is 0. The van der Waals surface area contributed by atoms with Crippen molar-refractivity contribution >= 4 is 10.8 Å². The van der Waals surface area contributed by atoms with Crippen molar-refractivity contribution in [2.24, 2.45) is 0 Å². The van der Waals surface area contributed by atoms with E-state index in [4.69, 9.17) is 0 Å². The Morgan fingerprint density at radius 3 is 1.59 bits per heavy atom. The van der Waals surface area contributed by atoms with Gasteiger partial charge in [-0.15, -0.1) is 48.0 Å². The molecule has 0 aliphatic heterocycles. The van der Waals surface area contributed by atoms with Crippen LogP contribution in [0, 0.1) is 18.2 Å². The fraction of sp³-hybridized carbons (Fsp3) is 0. The summed E-state index contributed by atoms with van der Waals surface area (Å²) in [7, 11) is 0. The van der Waals surface area contributed by atoms with Crippen molar-refractivity contribution in [1.82, 2.24) is 24.5 Å². The molecule has 7 aromatic rings. The van der Waals surface area contributed by atoms with E-state index in [-0.39, 0.29) is 20.1 Å². The smallest absolute Gasteiger partial charge is 0.304 e. The van der Waals surface area contributed by atoms with E-state index < -0.39 is 0 Å². The Morgan fingerprint density at radius 1 is 0.513 bits per heavy atom. The quantitative estimate of drug-likeness (QED) is 0.188. The van der Waals surface area contributed by atoms with Gasteiger partial charge in [0.1, 0.15) is 0 Å². The summed E-state index contributed by atoms with van der Waals surface area (Å²) in [5.74, 6) is 0. The van der Waals surface area contributed by atoms with Gasteiger partial charge in [-0.2, -0.15) is 58.7 Å². The minimum atomic E-state index is 0. The third-order valence-electron chi connectivity index (χ3n) is 5.53. The molecule has 0 amide bonds. The maximum atomic E-state index is 4.45. The number of hydrogen-bond donors (Lipinski definition) is 0. The first kappa shape index (κ1) is 27.4. The van der Waals surface area contributed by atoms with Crippen LogP contribution in [0.15, 0.2) is 146 Å². The standard InChI is InChI=1S/C15H10N.2C9H7N2.Ir/c1-2-7-13(8-3-1)15-14-9-5-4-6-12(14)10-11-16-15;2*1-2-5-9(6-3-1)11-8-4-7-10-11;/h1-7,9-11H;2*1-5,7-8H;/q3*-1;+3. The molecule has 3 heterocycles. The predicted molar refractivity (Wildman–Crippen MR) is 151 cm³/mol. The van der Waals surface area contributed by atoms with Gasteiger partial charge in [0.05, 0.1) is 0 Å². The number of rotatable bonds is 3. The SMILES string of the molecule is [Ir+3].[c-]1ccccc1-c1nccc2ccccc12.[c-]1ccccc1-n1cccn1.[c-]1ccccc1-n1cccn1. The molecule has 5 nitrogen and oxygen atoms in total. The molecule has 6 heteroatoms. The van der Waals surface area contributed by atoms with Gasteiger partial charge in [0.25, 0.3) is 0 Å². The Hall–Kier alpha value is -4.64. The first-order valence-electron chi connectivity index (χ1n) is 12.1. The van der Waals surface area contributed by atoms with Gasteiger partial charge in [-0.05, 0) is 46.0 Å². The Bertz CT molecular complexity index is 1560. The van der Waals surface area contributed by atoms with Gasteiger partial charge in [0, 0.05) is 31.0 Å². The molecule has 7 rings (SSSR count). The second-order valence-corrected chi connectivity index (χ2v) is 8.05. The first-order chi connectivity index (χ1) is 18.9. The van der Waals surface area contributed by atoms with E-state index in [2.05, 4.69) is 45.5 Å². The summed E-state index contributed by atoms with van der Waals surface area (Å²) in [6.07, 6.45) is 9.14. The molecule has 4 aromatic carbocycles. The summed E-state index contributed by atoms with van der Waals surface area (Å²) in [5.41, 5.74) is 3.98. The van der Waals surface area contributed by atoms with Crippen molar-refractivity contribution in [3.05, 3.63) is 164 Å². The van der Waals surface area contributed by atoms with Crippen LogP contribution in [0.3, 0.4) is 0 Å². The van der Waals surface area contributed by atoms with E-state index in [1.54, 1.807) is 21.8 Å². The van der Waals surface area contributed by atoms with Crippen LogP contribution >= 0.6 is 0 Å². The average molecular weight is 683 g/mol. The largest absolute Gasteiger partial charge is 3.00 e. The number of aromatic nitrogens is 5. The van der Waals surface area contributed by atoms with Gasteiger partial charge in [-0.3, -0.25) is 9.36 Å². The van der Waals surface area contributed by atoms with Crippen molar-refractivity contribution in [2.75, 3.05) is 0 Å². The Morgan fingerprint density at radius 2 is 1.08 bits per heavy atom. The van der Waals surface area contributed by atoms with Crippen LogP contribution in [-0.4, -0.2) is 24.5 Å². The zero-order chi connectivity index (χ0) is 25.8. The second kappa shape index (κ2) is 14.3. The van der Waals surface area contributed by atoms with Crippen LogP contribution in [0.4, 0.5) is 0 Å². The predicted octanol–water partition coefficient (Wildman–Crippen LogP) is 7.04. The van der Waals surface area contributed by atoms with E-state index in [0.29, 0.717) is 0 Å². The minimum Gasteiger partial charge on any atom is -0.304 e. The van der Waals surface area contributed by atoms with Crippen molar-refractivity contribution in [1.29, 1.82) is 0 Å². The van der Waals surface area contributed by atoms with E-state index in [1.807, 2.05) is 122 Å². The van der Waals surface area contributed by atoms with Crippen LogP contribution < -0.4 is 0 Å². The first-order valence-corrected chi connectivity index (χ1v) is 12.1. The molecular weight excluding hydrogens is 659 g/mol. The van der Waals surface area contributed by atoms with E-state index in [1.165, 1.54) is 10.8 Å². The number of benzene rings is 4. The molecule has 0 aliphatic carbocycles. The Kier molecular flexibility index (Phi) is 10.1. The van der Waals surface area contributed by atoms with Gasteiger partial charge in [-0.1, -0.05) is 24.3 Å². The number of fused-ring (bicyclic) bond motifs is 1. The molecule has 0 bridgehead atoms. The van der Waals surface area contributed by atoms with Crippen molar-refractivity contribution < 1.29 is 20.1 Å².